The molecule has 0 spiro atoms. The van der Waals surface area contributed by atoms with Crippen LogP contribution in [0.4, 0.5) is 4.79 Å². The molecular weight excluding hydrogens is 965 g/mol. The topological polar surface area (TPSA) is 343 Å². The highest BCUT2D eigenvalue weighted by atomic mass is 32.2. The smallest absolute Gasteiger partial charge is 0.407 e. The van der Waals surface area contributed by atoms with Crippen LogP contribution >= 0.6 is 11.8 Å². The molecule has 23 heteroatoms. The summed E-state index contributed by atoms with van der Waals surface area (Å²) in [5.74, 6) is -10.9. The summed E-state index contributed by atoms with van der Waals surface area (Å²) in [4.78, 5) is 145. The van der Waals surface area contributed by atoms with Gasteiger partial charge in [0.2, 0.25) is 41.4 Å². The third kappa shape index (κ3) is 15.9. The number of H-pyrrole nitrogens is 1. The van der Waals surface area contributed by atoms with Crippen molar-refractivity contribution in [3.63, 3.8) is 0 Å². The van der Waals surface area contributed by atoms with Crippen LogP contribution in [0.5, 0.6) is 5.75 Å². The van der Waals surface area contributed by atoms with Crippen LogP contribution in [0.3, 0.4) is 0 Å². The zero-order chi connectivity index (χ0) is 53.5. The van der Waals surface area contributed by atoms with Crippen molar-refractivity contribution >= 4 is 81.7 Å². The van der Waals surface area contributed by atoms with Crippen molar-refractivity contribution in [1.82, 2.24) is 41.8 Å². The maximum Gasteiger partial charge on any atom is 0.407 e. The standard InChI is InChI=1S/C50H74N10O12S/c1-6-26(3)28(5)44-39(63)17-29-16-34-33-13-12-31(61)20-35(33)57-48(34)73-25-36(56-41(65)22-55-47(69)43(27(4)7-2)58-42(66)23-54-45(29)67)38(62)18-30(19-40(52)64)49(70)60-24-32(21-37(60)46(68)59-44)72-50(71)53-15-11-9-8-10-14-51/h12-13,20,26-30,32,36-37,43-44,57,61H,6-11,14-19,21-25,51H2,1-5H3,(H2,52,64)(H,53,71)(H,54,67)(H,55,69)(H,56,65)(H,58,66)(H,59,68)/t26-,27-,28-,29+,30-,32+,36-,37?,43-,44-/m0/s1. The number of nitrogens with zero attached hydrogens (tertiary/aromatic N) is 1. The van der Waals surface area contributed by atoms with Gasteiger partial charge in [-0.3, -0.25) is 43.2 Å². The average molecular weight is 1040 g/mol. The highest BCUT2D eigenvalue weighted by Crippen LogP contribution is 2.36. The molecule has 1 saturated heterocycles. The first-order valence-corrected chi connectivity index (χ1v) is 26.4. The van der Waals surface area contributed by atoms with Crippen LogP contribution in [0.15, 0.2) is 23.2 Å². The first-order valence-electron chi connectivity index (χ1n) is 25.4. The van der Waals surface area contributed by atoms with Gasteiger partial charge in [0.25, 0.3) is 0 Å². The molecule has 10 atom stereocenters. The number of carbonyl (C=O) groups excluding carboxylic acids is 10. The molecule has 1 unspecified atom stereocenters. The van der Waals surface area contributed by atoms with Gasteiger partial charge in [-0.25, -0.2) is 4.79 Å². The normalized spacial score (nSPS) is 25.5. The Morgan fingerprint density at radius 3 is 2.23 bits per heavy atom. The van der Waals surface area contributed by atoms with Gasteiger partial charge in [-0.1, -0.05) is 60.3 Å². The van der Waals surface area contributed by atoms with Crippen LogP contribution in [-0.2, 0) is 54.3 Å². The SMILES string of the molecule is CC[C@H](C)[C@H](C)[C@@H]1NC(=O)C2C[C@@H](OC(=O)NCCCCCCN)CN2C(=O)[C@H](CC(N)=O)CC(=O)[C@@H]2CSc3[nH]c4cc(O)ccc4c3C[C@H](CC1=O)C(=O)NCC(=O)N[C@@H]([C@@H](C)CC)C(=O)NCC(=O)N2. The van der Waals surface area contributed by atoms with Crippen LogP contribution in [0.1, 0.15) is 104 Å². The highest BCUT2D eigenvalue weighted by Gasteiger charge is 2.46. The molecule has 8 amide bonds. The predicted molar refractivity (Wildman–Crippen MR) is 270 cm³/mol. The Morgan fingerprint density at radius 2 is 1.55 bits per heavy atom. The number of aromatic hydroxyl groups is 1. The number of Topliss-reactive ketones (excluding diaryl/α,β-unsaturated/α-hetero) is 2. The molecular formula is C50H74N10O12S. The van der Waals surface area contributed by atoms with Crippen molar-refractivity contribution in [1.29, 1.82) is 0 Å². The lowest BCUT2D eigenvalue weighted by Crippen LogP contribution is -2.56. The molecule has 3 aliphatic rings. The Balaban J connectivity index is 1.65. The number of aromatic nitrogens is 1. The van der Waals surface area contributed by atoms with Crippen molar-refractivity contribution in [3.8, 4) is 5.75 Å². The molecule has 5 rings (SSSR count). The number of phenols is 1. The van der Waals surface area contributed by atoms with Crippen LogP contribution in [0, 0.1) is 29.6 Å². The molecule has 402 valence electrons. The van der Waals surface area contributed by atoms with E-state index in [-0.39, 0.29) is 36.8 Å². The van der Waals surface area contributed by atoms with Gasteiger partial charge >= 0.3 is 6.09 Å². The Bertz CT molecular complexity index is 2360. The first kappa shape index (κ1) is 57.7. The highest BCUT2D eigenvalue weighted by molar-refractivity contribution is 7.99. The van der Waals surface area contributed by atoms with E-state index in [0.717, 1.165) is 35.9 Å². The minimum atomic E-state index is -1.47. The van der Waals surface area contributed by atoms with Gasteiger partial charge in [-0.2, -0.15) is 0 Å². The molecule has 1 fully saturated rings. The molecule has 0 radical (unpaired) electrons. The monoisotopic (exact) mass is 1040 g/mol. The van der Waals surface area contributed by atoms with Gasteiger partial charge in [0.1, 0.15) is 23.9 Å². The summed E-state index contributed by atoms with van der Waals surface area (Å²) in [5.41, 5.74) is 12.2. The zero-order valence-electron chi connectivity index (χ0n) is 42.5. The van der Waals surface area contributed by atoms with Crippen molar-refractivity contribution < 1.29 is 57.8 Å². The lowest BCUT2D eigenvalue weighted by atomic mass is 9.81. The summed E-state index contributed by atoms with van der Waals surface area (Å²) in [7, 11) is 0. The molecule has 12 N–H and O–H groups in total. The Kier molecular flexibility index (Phi) is 21.5. The number of nitrogens with one attached hydrogen (secondary N) is 7. The minimum absolute atomic E-state index is 0.0874. The van der Waals surface area contributed by atoms with Gasteiger partial charge in [0.15, 0.2) is 11.6 Å². The Morgan fingerprint density at radius 1 is 0.849 bits per heavy atom. The van der Waals surface area contributed by atoms with E-state index in [2.05, 4.69) is 36.9 Å². The van der Waals surface area contributed by atoms with Crippen LogP contribution in [-0.4, -0.2) is 143 Å². The van der Waals surface area contributed by atoms with E-state index in [1.807, 2.05) is 13.8 Å². The van der Waals surface area contributed by atoms with Gasteiger partial charge in [0, 0.05) is 55.4 Å². The number of aromatic amines is 1. The van der Waals surface area contributed by atoms with E-state index in [9.17, 15) is 48.3 Å². The number of primary amides is 1. The Hall–Kier alpha value is -6.23. The van der Waals surface area contributed by atoms with Crippen LogP contribution in [0.2, 0.25) is 0 Å². The van der Waals surface area contributed by atoms with Crippen LogP contribution in [0.25, 0.3) is 10.9 Å². The van der Waals surface area contributed by atoms with E-state index in [1.165, 1.54) is 12.1 Å². The van der Waals surface area contributed by atoms with E-state index in [0.29, 0.717) is 53.8 Å². The molecule has 4 heterocycles. The van der Waals surface area contributed by atoms with Crippen molar-refractivity contribution in [2.24, 2.45) is 41.1 Å². The molecule has 22 nitrogen and oxygen atoms in total. The number of hydrogen-bond acceptors (Lipinski definition) is 14. The van der Waals surface area contributed by atoms with E-state index >= 15 is 4.79 Å². The van der Waals surface area contributed by atoms with Gasteiger partial charge in [-0.05, 0) is 61.3 Å². The lowest BCUT2D eigenvalue weighted by molar-refractivity contribution is -0.145. The van der Waals surface area contributed by atoms with Crippen molar-refractivity contribution in [2.75, 3.05) is 38.5 Å². The number of ketones is 2. The summed E-state index contributed by atoms with van der Waals surface area (Å²) in [6.07, 6.45) is 0.254. The fourth-order valence-electron chi connectivity index (χ4n) is 9.51. The van der Waals surface area contributed by atoms with Crippen molar-refractivity contribution in [3.05, 3.63) is 23.8 Å². The number of alkyl carbamates (subject to hydrolysis) is 1. The summed E-state index contributed by atoms with van der Waals surface area (Å²) in [5, 5.41) is 27.5. The quantitative estimate of drug-likeness (QED) is 0.119. The number of benzene rings is 1. The zero-order valence-corrected chi connectivity index (χ0v) is 43.3. The second kappa shape index (κ2) is 27.2. The number of carbonyl (C=O) groups is 10. The molecule has 2 bridgehead atoms. The molecule has 0 saturated carbocycles. The van der Waals surface area contributed by atoms with Gasteiger partial charge in [0.05, 0.1) is 48.2 Å². The van der Waals surface area contributed by atoms with Crippen LogP contribution < -0.4 is 43.4 Å². The maximum absolute atomic E-state index is 15.0. The number of phenolic OH excluding ortho intramolecular Hbond substituents is 1. The molecule has 73 heavy (non-hydrogen) atoms. The summed E-state index contributed by atoms with van der Waals surface area (Å²) < 4.78 is 5.74. The minimum Gasteiger partial charge on any atom is -0.508 e. The number of fused-ring (bicyclic) bond motifs is 5. The summed E-state index contributed by atoms with van der Waals surface area (Å²) in [6, 6.07) is -0.631. The summed E-state index contributed by atoms with van der Waals surface area (Å²) in [6.45, 7) is 8.43. The second-order valence-corrected chi connectivity index (χ2v) is 20.7. The molecule has 2 aromatic rings. The van der Waals surface area contributed by atoms with E-state index in [1.54, 1.807) is 26.8 Å². The average Bonchev–Trinajstić information content (AvgIpc) is 3.93. The fourth-order valence-corrected chi connectivity index (χ4v) is 10.7. The van der Waals surface area contributed by atoms with Gasteiger partial charge in [-0.15, -0.1) is 11.8 Å². The lowest BCUT2D eigenvalue weighted by Gasteiger charge is -2.33. The number of unbranched alkanes of at least 4 members (excludes halogenated alkanes) is 3. The largest absolute Gasteiger partial charge is 0.508 e. The molecule has 1 aromatic heterocycles. The number of thioether (sulfide) groups is 1. The fraction of sp³-hybridized carbons (Fsp3) is 0.640. The molecule has 0 aliphatic carbocycles. The van der Waals surface area contributed by atoms with Gasteiger partial charge < -0.3 is 63.1 Å². The second-order valence-electron chi connectivity index (χ2n) is 19.7. The molecule has 3 aliphatic heterocycles. The number of amides is 8. The summed E-state index contributed by atoms with van der Waals surface area (Å²) >= 11 is 1.07. The first-order chi connectivity index (χ1) is 34.7. The Labute approximate surface area is 429 Å². The number of ether oxygens (including phenoxy) is 1. The number of rotatable bonds is 14. The molecule has 1 aromatic carbocycles. The van der Waals surface area contributed by atoms with E-state index < -0.39 is 145 Å². The van der Waals surface area contributed by atoms with Crippen molar-refractivity contribution in [2.45, 2.75) is 141 Å². The number of nitrogens with two attached hydrogens (primary N) is 2. The van der Waals surface area contributed by atoms with E-state index in [4.69, 9.17) is 16.2 Å². The maximum atomic E-state index is 15.0. The predicted octanol–water partition coefficient (Wildman–Crippen LogP) is 1.19. The third-order valence-electron chi connectivity index (χ3n) is 14.4. The number of hydrogen-bond donors (Lipinski definition) is 10. The third-order valence-corrected chi connectivity index (χ3v) is 15.5.